The van der Waals surface area contributed by atoms with E-state index in [-0.39, 0.29) is 30.4 Å². The highest BCUT2D eigenvalue weighted by atomic mass is 16.3. The molecule has 0 bridgehead atoms. The molecule has 0 radical (unpaired) electrons. The summed E-state index contributed by atoms with van der Waals surface area (Å²) in [4.78, 5) is 24.4. The predicted octanol–water partition coefficient (Wildman–Crippen LogP) is 2.56. The molecule has 5 nitrogen and oxygen atoms in total. The van der Waals surface area contributed by atoms with Crippen LogP contribution in [0.4, 0.5) is 5.69 Å². The number of carbonyl (C=O) groups excluding carboxylic acids is 2. The van der Waals surface area contributed by atoms with Gasteiger partial charge in [0.25, 0.3) is 5.91 Å². The van der Waals surface area contributed by atoms with Crippen LogP contribution in [0.2, 0.25) is 0 Å². The first kappa shape index (κ1) is 17.0. The van der Waals surface area contributed by atoms with E-state index in [1.165, 1.54) is 0 Å². The zero-order valence-corrected chi connectivity index (χ0v) is 14.1. The molecule has 0 aliphatic heterocycles. The van der Waals surface area contributed by atoms with Crippen LogP contribution in [0.3, 0.4) is 0 Å². The summed E-state index contributed by atoms with van der Waals surface area (Å²) >= 11 is 0. The SMILES string of the molecule is CC1CC1C(=O)Nc1cccc(C(=O)NC2CCC(CO)CC2)c1. The largest absolute Gasteiger partial charge is 0.396 e. The first-order chi connectivity index (χ1) is 11.6. The highest BCUT2D eigenvalue weighted by molar-refractivity contribution is 5.98. The van der Waals surface area contributed by atoms with Gasteiger partial charge in [0.1, 0.15) is 0 Å². The summed E-state index contributed by atoms with van der Waals surface area (Å²) in [6.07, 6.45) is 4.68. The third kappa shape index (κ3) is 4.15. The maximum atomic E-state index is 12.4. The number of rotatable bonds is 5. The Morgan fingerprint density at radius 2 is 1.92 bits per heavy atom. The smallest absolute Gasteiger partial charge is 0.251 e. The lowest BCUT2D eigenvalue weighted by Crippen LogP contribution is -2.38. The van der Waals surface area contributed by atoms with Gasteiger partial charge in [-0.2, -0.15) is 0 Å². The van der Waals surface area contributed by atoms with E-state index in [9.17, 15) is 14.7 Å². The lowest BCUT2D eigenvalue weighted by atomic mass is 9.86. The summed E-state index contributed by atoms with van der Waals surface area (Å²) in [6.45, 7) is 2.31. The Hall–Kier alpha value is -1.88. The molecule has 130 valence electrons. The second kappa shape index (κ2) is 7.34. The van der Waals surface area contributed by atoms with Crippen molar-refractivity contribution in [3.63, 3.8) is 0 Å². The minimum Gasteiger partial charge on any atom is -0.396 e. The number of hydrogen-bond donors (Lipinski definition) is 3. The van der Waals surface area contributed by atoms with Gasteiger partial charge in [-0.3, -0.25) is 9.59 Å². The third-order valence-electron chi connectivity index (χ3n) is 5.28. The summed E-state index contributed by atoms with van der Waals surface area (Å²) in [5.74, 6) is 0.900. The first-order valence-corrected chi connectivity index (χ1v) is 8.89. The maximum absolute atomic E-state index is 12.4. The standard InChI is InChI=1S/C19H26N2O3/c1-12-9-17(12)19(24)21-16-4-2-3-14(10-16)18(23)20-15-7-5-13(11-22)6-8-15/h2-4,10,12-13,15,17,22H,5-9,11H2,1H3,(H,20,23)(H,21,24). The number of anilines is 1. The molecule has 1 aromatic rings. The van der Waals surface area contributed by atoms with Crippen LogP contribution < -0.4 is 10.6 Å². The van der Waals surface area contributed by atoms with Crippen LogP contribution in [0.25, 0.3) is 0 Å². The molecule has 24 heavy (non-hydrogen) atoms. The summed E-state index contributed by atoms with van der Waals surface area (Å²) < 4.78 is 0. The van der Waals surface area contributed by atoms with E-state index in [1.807, 2.05) is 6.07 Å². The van der Waals surface area contributed by atoms with E-state index >= 15 is 0 Å². The number of carbonyl (C=O) groups is 2. The van der Waals surface area contributed by atoms with Crippen molar-refractivity contribution in [3.8, 4) is 0 Å². The van der Waals surface area contributed by atoms with Crippen LogP contribution in [0.15, 0.2) is 24.3 Å². The van der Waals surface area contributed by atoms with Crippen molar-refractivity contribution in [1.29, 1.82) is 0 Å². The number of amides is 2. The molecule has 2 unspecified atom stereocenters. The molecule has 3 rings (SSSR count). The van der Waals surface area contributed by atoms with Crippen LogP contribution in [-0.2, 0) is 4.79 Å². The molecule has 0 heterocycles. The van der Waals surface area contributed by atoms with Gasteiger partial charge in [-0.05, 0) is 62.1 Å². The molecule has 1 aromatic carbocycles. The molecule has 3 N–H and O–H groups in total. The lowest BCUT2D eigenvalue weighted by Gasteiger charge is -2.28. The molecule has 5 heteroatoms. The number of aliphatic hydroxyl groups is 1. The molecule has 0 aromatic heterocycles. The highest BCUT2D eigenvalue weighted by Crippen LogP contribution is 2.38. The molecule has 2 aliphatic rings. The molecule has 2 fully saturated rings. The minimum absolute atomic E-state index is 0.0439. The molecule has 0 spiro atoms. The van der Waals surface area contributed by atoms with Crippen molar-refractivity contribution in [1.82, 2.24) is 5.32 Å². The van der Waals surface area contributed by atoms with Crippen molar-refractivity contribution >= 4 is 17.5 Å². The van der Waals surface area contributed by atoms with E-state index in [4.69, 9.17) is 0 Å². The lowest BCUT2D eigenvalue weighted by molar-refractivity contribution is -0.117. The van der Waals surface area contributed by atoms with E-state index in [0.29, 0.717) is 23.1 Å². The van der Waals surface area contributed by atoms with Crippen molar-refractivity contribution in [2.45, 2.75) is 45.1 Å². The van der Waals surface area contributed by atoms with E-state index in [0.717, 1.165) is 32.1 Å². The average Bonchev–Trinajstić information content (AvgIpc) is 3.33. The Labute approximate surface area is 142 Å². The van der Waals surface area contributed by atoms with Gasteiger partial charge in [-0.1, -0.05) is 13.0 Å². The van der Waals surface area contributed by atoms with Gasteiger partial charge in [0.15, 0.2) is 0 Å². The average molecular weight is 330 g/mol. The third-order valence-corrected chi connectivity index (χ3v) is 5.28. The van der Waals surface area contributed by atoms with Gasteiger partial charge < -0.3 is 15.7 Å². The van der Waals surface area contributed by atoms with E-state index < -0.39 is 0 Å². The van der Waals surface area contributed by atoms with Crippen LogP contribution in [0.5, 0.6) is 0 Å². The summed E-state index contributed by atoms with van der Waals surface area (Å²) in [7, 11) is 0. The molecule has 0 saturated heterocycles. The van der Waals surface area contributed by atoms with Crippen molar-refractivity contribution < 1.29 is 14.7 Å². The highest BCUT2D eigenvalue weighted by Gasteiger charge is 2.39. The Morgan fingerprint density at radius 3 is 2.54 bits per heavy atom. The topological polar surface area (TPSA) is 78.4 Å². The Balaban J connectivity index is 1.55. The first-order valence-electron chi connectivity index (χ1n) is 8.89. The Kier molecular flexibility index (Phi) is 5.19. The molecule has 2 aliphatic carbocycles. The molecular weight excluding hydrogens is 304 g/mol. The van der Waals surface area contributed by atoms with Crippen LogP contribution in [0.1, 0.15) is 49.4 Å². The van der Waals surface area contributed by atoms with Crippen LogP contribution in [-0.4, -0.2) is 29.6 Å². The fourth-order valence-corrected chi connectivity index (χ4v) is 3.42. The van der Waals surface area contributed by atoms with Crippen molar-refractivity contribution in [2.75, 3.05) is 11.9 Å². The normalized spacial score (nSPS) is 28.9. The Morgan fingerprint density at radius 1 is 1.21 bits per heavy atom. The van der Waals surface area contributed by atoms with Gasteiger partial charge >= 0.3 is 0 Å². The fourth-order valence-electron chi connectivity index (χ4n) is 3.42. The van der Waals surface area contributed by atoms with Gasteiger partial charge in [0.05, 0.1) is 0 Å². The number of benzene rings is 1. The van der Waals surface area contributed by atoms with Gasteiger partial charge in [0.2, 0.25) is 5.91 Å². The predicted molar refractivity (Wildman–Crippen MR) is 92.6 cm³/mol. The number of aliphatic hydroxyl groups excluding tert-OH is 1. The van der Waals surface area contributed by atoms with Crippen molar-refractivity contribution in [2.24, 2.45) is 17.8 Å². The second-order valence-corrected chi connectivity index (χ2v) is 7.26. The molecule has 2 saturated carbocycles. The quantitative estimate of drug-likeness (QED) is 0.776. The summed E-state index contributed by atoms with van der Waals surface area (Å²) in [5, 5.41) is 15.1. The van der Waals surface area contributed by atoms with E-state index in [1.54, 1.807) is 18.2 Å². The molecule has 2 atom stereocenters. The zero-order chi connectivity index (χ0) is 17.1. The summed E-state index contributed by atoms with van der Waals surface area (Å²) in [6, 6.07) is 7.28. The van der Waals surface area contributed by atoms with Gasteiger partial charge in [0, 0.05) is 29.8 Å². The van der Waals surface area contributed by atoms with Crippen molar-refractivity contribution in [3.05, 3.63) is 29.8 Å². The second-order valence-electron chi connectivity index (χ2n) is 7.26. The molecule has 2 amide bonds. The number of hydrogen-bond acceptors (Lipinski definition) is 3. The van der Waals surface area contributed by atoms with Crippen LogP contribution >= 0.6 is 0 Å². The summed E-state index contributed by atoms with van der Waals surface area (Å²) in [5.41, 5.74) is 1.25. The fraction of sp³-hybridized carbons (Fsp3) is 0.579. The van der Waals surface area contributed by atoms with Crippen LogP contribution in [0, 0.1) is 17.8 Å². The zero-order valence-electron chi connectivity index (χ0n) is 14.1. The minimum atomic E-state index is -0.0988. The van der Waals surface area contributed by atoms with E-state index in [2.05, 4.69) is 17.6 Å². The van der Waals surface area contributed by atoms with Gasteiger partial charge in [-0.15, -0.1) is 0 Å². The maximum Gasteiger partial charge on any atom is 0.251 e. The van der Waals surface area contributed by atoms with Gasteiger partial charge in [-0.25, -0.2) is 0 Å². The monoisotopic (exact) mass is 330 g/mol. The molecular formula is C19H26N2O3. The number of nitrogens with one attached hydrogen (secondary N) is 2. The Bertz CT molecular complexity index is 608.